The summed E-state index contributed by atoms with van der Waals surface area (Å²) in [6.45, 7) is 21.6. The number of carbonyl (C=O) groups is 3. The molecule has 2 aliphatic heterocycles. The molecule has 2 fully saturated rings. The van der Waals surface area contributed by atoms with Crippen molar-refractivity contribution in [1.82, 2.24) is 35.1 Å². The maximum atomic E-state index is 14.8. The number of carbonyl (C=O) groups excluding carboxylic acids is 3. The fourth-order valence-electron chi connectivity index (χ4n) is 9.45. The molecule has 0 radical (unpaired) electrons. The molecule has 2 aliphatic rings. The van der Waals surface area contributed by atoms with Crippen LogP contribution in [-0.4, -0.2) is 152 Å². The van der Waals surface area contributed by atoms with Crippen LogP contribution in [0.4, 0.5) is 47.8 Å². The first-order valence-corrected chi connectivity index (χ1v) is 27.4. The summed E-state index contributed by atoms with van der Waals surface area (Å²) in [5.74, 6) is -1.83. The smallest absolute Gasteiger partial charge is 0.277 e. The van der Waals surface area contributed by atoms with Gasteiger partial charge in [0.2, 0.25) is 18.3 Å². The number of aromatic nitrogens is 3. The molecule has 4 aromatic carbocycles. The van der Waals surface area contributed by atoms with Crippen LogP contribution in [0.1, 0.15) is 106 Å². The van der Waals surface area contributed by atoms with Crippen LogP contribution in [0.15, 0.2) is 78.9 Å². The third kappa shape index (κ3) is 17.3. The van der Waals surface area contributed by atoms with Crippen molar-refractivity contribution in [2.75, 3.05) is 112 Å². The van der Waals surface area contributed by atoms with E-state index in [1.807, 2.05) is 50.1 Å². The third-order valence-corrected chi connectivity index (χ3v) is 14.5. The second kappa shape index (κ2) is 28.8. The summed E-state index contributed by atoms with van der Waals surface area (Å²) >= 11 is 0. The maximum absolute atomic E-state index is 14.8. The van der Waals surface area contributed by atoms with Crippen molar-refractivity contribution >= 4 is 52.9 Å². The largest absolute Gasteiger partial charge is 0.388 e. The van der Waals surface area contributed by atoms with Gasteiger partial charge in [-0.3, -0.25) is 24.1 Å². The Bertz CT molecular complexity index is 2760. The number of benzene rings is 4. The summed E-state index contributed by atoms with van der Waals surface area (Å²) in [5, 5.41) is 8.25. The van der Waals surface area contributed by atoms with E-state index in [9.17, 15) is 27.6 Å². The molecule has 5 aromatic rings. The number of anilines is 6. The molecule has 4 N–H and O–H groups in total. The Morgan fingerprint density at radius 1 is 0.785 bits per heavy atom. The van der Waals surface area contributed by atoms with Crippen molar-refractivity contribution in [3.8, 4) is 11.4 Å². The maximum Gasteiger partial charge on any atom is 0.277 e. The van der Waals surface area contributed by atoms with E-state index in [1.165, 1.54) is 12.1 Å². The molecular formula is C59H81F3N12O5. The fourth-order valence-corrected chi connectivity index (χ4v) is 9.45. The Labute approximate surface area is 464 Å². The van der Waals surface area contributed by atoms with E-state index < -0.39 is 34.6 Å². The number of hydroxylamine groups is 1. The summed E-state index contributed by atoms with van der Waals surface area (Å²) in [7, 11) is 6.07. The van der Waals surface area contributed by atoms with Crippen LogP contribution in [0.2, 0.25) is 0 Å². The number of halogens is 3. The molecule has 3 heterocycles. The monoisotopic (exact) mass is 1090 g/mol. The normalized spacial score (nSPS) is 14.4. The molecule has 7 rings (SSSR count). The van der Waals surface area contributed by atoms with Gasteiger partial charge in [-0.05, 0) is 159 Å². The molecule has 17 nitrogen and oxygen atoms in total. The number of nitrogens with one attached hydrogen (secondary N) is 4. The summed E-state index contributed by atoms with van der Waals surface area (Å²) in [6, 6.07) is 21.9. The Hall–Kier alpha value is -6.87. The van der Waals surface area contributed by atoms with Crippen LogP contribution in [0.25, 0.3) is 11.4 Å². The van der Waals surface area contributed by atoms with Gasteiger partial charge < -0.3 is 40.3 Å². The second-order valence-corrected chi connectivity index (χ2v) is 21.5. The average Bonchev–Trinajstić information content (AvgIpc) is 3.47. The van der Waals surface area contributed by atoms with E-state index >= 15 is 0 Å². The zero-order chi connectivity index (χ0) is 57.3. The van der Waals surface area contributed by atoms with E-state index in [-0.39, 0.29) is 29.3 Å². The number of aryl methyl sites for hydroxylation is 1. The summed E-state index contributed by atoms with van der Waals surface area (Å²) < 4.78 is 49.8. The van der Waals surface area contributed by atoms with Gasteiger partial charge in [-0.1, -0.05) is 19.9 Å². The molecule has 0 atom stereocenters. The number of piperazine rings is 1. The van der Waals surface area contributed by atoms with Gasteiger partial charge in [-0.15, -0.1) is 0 Å². The molecule has 1 aromatic heterocycles. The van der Waals surface area contributed by atoms with E-state index in [2.05, 4.69) is 82.8 Å². The minimum Gasteiger partial charge on any atom is -0.388 e. The predicted molar refractivity (Wildman–Crippen MR) is 308 cm³/mol. The molecule has 0 aliphatic carbocycles. The second-order valence-electron chi connectivity index (χ2n) is 21.5. The first kappa shape index (κ1) is 61.3. The SMILES string of the molecule is CCCN(CCC)c1nc(-c2ccc(NC)cc2)nc(N2CCN(C(C)(C)CCOC(C)(C)CCONC(=O)c3ccc(F)c(F)c3Nc3ccc(C)cc3F)CC2)n1.CN(C)C1CCN(C(=O)c2ccc(NC=O)cc2)CC1. The summed E-state index contributed by atoms with van der Waals surface area (Å²) in [4.78, 5) is 67.2. The highest BCUT2D eigenvalue weighted by molar-refractivity contribution is 6.00. The van der Waals surface area contributed by atoms with Crippen molar-refractivity contribution in [2.24, 2.45) is 0 Å². The first-order valence-electron chi connectivity index (χ1n) is 27.4. The Balaban J connectivity index is 0.000000421. The Kier molecular flexibility index (Phi) is 22.4. The van der Waals surface area contributed by atoms with E-state index in [0.29, 0.717) is 60.0 Å². The van der Waals surface area contributed by atoms with E-state index in [4.69, 9.17) is 24.5 Å². The van der Waals surface area contributed by atoms with Gasteiger partial charge in [0.25, 0.3) is 11.8 Å². The summed E-state index contributed by atoms with van der Waals surface area (Å²) in [6.07, 6.45) is 5.88. The molecule has 20 heteroatoms. The predicted octanol–water partition coefficient (Wildman–Crippen LogP) is 9.93. The van der Waals surface area contributed by atoms with Crippen LogP contribution in [0.5, 0.6) is 0 Å². The minimum atomic E-state index is -1.31. The van der Waals surface area contributed by atoms with Gasteiger partial charge in [-0.25, -0.2) is 18.7 Å². The number of likely N-dealkylation sites (tertiary alicyclic amines) is 1. The highest BCUT2D eigenvalue weighted by Gasteiger charge is 2.32. The van der Waals surface area contributed by atoms with E-state index in [0.717, 1.165) is 108 Å². The lowest BCUT2D eigenvalue weighted by molar-refractivity contribution is -0.105. The fraction of sp³-hybridized carbons (Fsp3) is 0.492. The minimum absolute atomic E-state index is 0.0693. The zero-order valence-electron chi connectivity index (χ0n) is 47.7. The average molecular weight is 1100 g/mol. The number of hydrogen-bond donors (Lipinski definition) is 4. The lowest BCUT2D eigenvalue weighted by atomic mass is 9.97. The van der Waals surface area contributed by atoms with Gasteiger partial charge in [0.1, 0.15) is 5.82 Å². The molecule has 428 valence electrons. The first-order chi connectivity index (χ1) is 37.8. The van der Waals surface area contributed by atoms with Crippen molar-refractivity contribution in [1.29, 1.82) is 0 Å². The lowest BCUT2D eigenvalue weighted by Gasteiger charge is -2.44. The molecule has 0 bridgehead atoms. The van der Waals surface area contributed by atoms with Crippen molar-refractivity contribution in [2.45, 2.75) is 104 Å². The number of amides is 3. The topological polar surface area (TPSA) is 173 Å². The highest BCUT2D eigenvalue weighted by Crippen LogP contribution is 2.30. The standard InChI is InChI=1S/C44H60F3N9O3.C15H21N3O2/c1-9-21-54(22-10-2)41-50-39(31-12-14-32(48-8)15-13-31)51-42(52-41)55-23-25-56(26-24-55)43(4,5)19-27-58-44(6,7)20-28-59-53-40(57)33-16-17-34(45)37(47)38(33)49-36-18-11-30(3)29-35(36)46;1-17(2)14-7-9-18(10-8-14)15(20)12-3-5-13(6-4-12)16-11-19/h11-18,29,48-49H,9-10,19-28H2,1-8H3,(H,53,57);3-6,11,14H,7-10H2,1-2H3,(H,16,19). The van der Waals surface area contributed by atoms with Gasteiger partial charge in [0.15, 0.2) is 17.5 Å². The molecule has 2 saturated heterocycles. The molecular weight excluding hydrogens is 1010 g/mol. The van der Waals surface area contributed by atoms with Crippen LogP contribution < -0.4 is 31.2 Å². The Morgan fingerprint density at radius 3 is 2.05 bits per heavy atom. The molecule has 79 heavy (non-hydrogen) atoms. The van der Waals surface area contributed by atoms with Crippen LogP contribution in [0, 0.1) is 24.4 Å². The molecule has 3 amide bonds. The number of ether oxygens (including phenoxy) is 1. The molecule has 0 saturated carbocycles. The van der Waals surface area contributed by atoms with Crippen molar-refractivity contribution in [3.63, 3.8) is 0 Å². The number of hydrogen-bond acceptors (Lipinski definition) is 14. The molecule has 0 spiro atoms. The third-order valence-electron chi connectivity index (χ3n) is 14.5. The highest BCUT2D eigenvalue weighted by atomic mass is 19.2. The quantitative estimate of drug-likeness (QED) is 0.0261. The van der Waals surface area contributed by atoms with Crippen LogP contribution >= 0.6 is 0 Å². The van der Waals surface area contributed by atoms with Gasteiger partial charge in [0, 0.05) is 107 Å². The number of nitrogens with zero attached hydrogens (tertiary/aromatic N) is 8. The zero-order valence-corrected chi connectivity index (χ0v) is 47.7. The lowest BCUT2D eigenvalue weighted by Crippen LogP contribution is -2.55. The summed E-state index contributed by atoms with van der Waals surface area (Å²) in [5.41, 5.74) is 4.72. The van der Waals surface area contributed by atoms with Crippen molar-refractivity contribution < 1.29 is 37.1 Å². The van der Waals surface area contributed by atoms with E-state index in [1.54, 1.807) is 37.3 Å². The van der Waals surface area contributed by atoms with Crippen LogP contribution in [0.3, 0.4) is 0 Å². The van der Waals surface area contributed by atoms with Gasteiger partial charge in [-0.2, -0.15) is 15.0 Å². The van der Waals surface area contributed by atoms with Crippen molar-refractivity contribution in [3.05, 3.63) is 113 Å². The molecule has 0 unspecified atom stereocenters. The van der Waals surface area contributed by atoms with Crippen LogP contribution in [-0.2, 0) is 14.4 Å². The number of piperidine rings is 1. The van der Waals surface area contributed by atoms with Gasteiger partial charge in [0.05, 0.1) is 29.1 Å². The Morgan fingerprint density at radius 2 is 1.44 bits per heavy atom. The van der Waals surface area contributed by atoms with Gasteiger partial charge >= 0.3 is 0 Å². The number of rotatable bonds is 24.